The molecule has 0 aliphatic heterocycles. The van der Waals surface area contributed by atoms with Gasteiger partial charge in [-0.15, -0.1) is 0 Å². The Morgan fingerprint density at radius 3 is 2.67 bits per heavy atom. The highest BCUT2D eigenvalue weighted by Gasteiger charge is 2.11. The minimum absolute atomic E-state index is 0.197. The van der Waals surface area contributed by atoms with Crippen LogP contribution in [-0.4, -0.2) is 17.6 Å². The molecule has 84 valence electrons. The normalized spacial score (nSPS) is 11.7. The quantitative estimate of drug-likeness (QED) is 0.800. The Hall–Kier alpha value is -1.29. The van der Waals surface area contributed by atoms with E-state index in [9.17, 15) is 4.79 Å². The third kappa shape index (κ3) is 4.16. The monoisotopic (exact) mass is 211 g/mol. The van der Waals surface area contributed by atoms with Crippen molar-refractivity contribution in [3.8, 4) is 0 Å². The number of carboxylic acid groups (broad SMARTS) is 1. The van der Waals surface area contributed by atoms with Gasteiger partial charge in [0.25, 0.3) is 0 Å². The molecule has 0 aliphatic carbocycles. The molecule has 1 heterocycles. The van der Waals surface area contributed by atoms with Gasteiger partial charge in [0, 0.05) is 6.54 Å². The minimum Gasteiger partial charge on any atom is -0.478 e. The van der Waals surface area contributed by atoms with Crippen LogP contribution >= 0.6 is 0 Å². The molecule has 1 rings (SSSR count). The van der Waals surface area contributed by atoms with E-state index in [4.69, 9.17) is 9.52 Å². The van der Waals surface area contributed by atoms with Crippen molar-refractivity contribution in [2.75, 3.05) is 6.54 Å². The highest BCUT2D eigenvalue weighted by molar-refractivity contribution is 5.87. The van der Waals surface area contributed by atoms with E-state index in [0.717, 1.165) is 6.54 Å². The number of nitrogens with one attached hydrogen (secondary N) is 1. The number of hydrogen-bond acceptors (Lipinski definition) is 3. The van der Waals surface area contributed by atoms with Crippen molar-refractivity contribution >= 4 is 5.97 Å². The van der Waals surface area contributed by atoms with E-state index in [1.54, 1.807) is 0 Å². The first-order valence-electron chi connectivity index (χ1n) is 4.90. The molecule has 0 atom stereocenters. The van der Waals surface area contributed by atoms with Gasteiger partial charge in [0.2, 0.25) is 0 Å². The average molecular weight is 211 g/mol. The maximum Gasteiger partial charge on any atom is 0.338 e. The number of rotatable bonds is 4. The molecule has 0 bridgehead atoms. The van der Waals surface area contributed by atoms with Crippen LogP contribution in [0.4, 0.5) is 0 Å². The molecule has 15 heavy (non-hydrogen) atoms. The van der Waals surface area contributed by atoms with Crippen LogP contribution in [0.1, 0.15) is 36.9 Å². The number of hydrogen-bond donors (Lipinski definition) is 2. The molecule has 0 unspecified atom stereocenters. The van der Waals surface area contributed by atoms with Gasteiger partial charge in [-0.3, -0.25) is 0 Å². The van der Waals surface area contributed by atoms with Crippen LogP contribution in [-0.2, 0) is 6.54 Å². The topological polar surface area (TPSA) is 62.5 Å². The molecule has 1 aromatic heterocycles. The Kier molecular flexibility index (Phi) is 3.52. The molecule has 0 aromatic carbocycles. The summed E-state index contributed by atoms with van der Waals surface area (Å²) < 4.78 is 5.10. The van der Waals surface area contributed by atoms with Crippen molar-refractivity contribution < 1.29 is 14.3 Å². The SMILES string of the molecule is CC(C)(C)CNCc1cc(C(=O)O)co1. The lowest BCUT2D eigenvalue weighted by molar-refractivity contribution is 0.0696. The summed E-state index contributed by atoms with van der Waals surface area (Å²) in [6, 6.07) is 1.54. The number of carboxylic acids is 1. The molecule has 2 N–H and O–H groups in total. The third-order valence-electron chi connectivity index (χ3n) is 1.86. The molecule has 0 saturated heterocycles. The van der Waals surface area contributed by atoms with Gasteiger partial charge in [0.1, 0.15) is 12.0 Å². The summed E-state index contributed by atoms with van der Waals surface area (Å²) >= 11 is 0. The lowest BCUT2D eigenvalue weighted by atomic mass is 9.97. The van der Waals surface area contributed by atoms with Gasteiger partial charge < -0.3 is 14.8 Å². The predicted octanol–water partition coefficient (Wildman–Crippen LogP) is 2.11. The van der Waals surface area contributed by atoms with Crippen molar-refractivity contribution in [3.05, 3.63) is 23.7 Å². The Morgan fingerprint density at radius 1 is 1.53 bits per heavy atom. The van der Waals surface area contributed by atoms with Crippen molar-refractivity contribution in [2.45, 2.75) is 27.3 Å². The first-order chi connectivity index (χ1) is 6.88. The Morgan fingerprint density at radius 2 is 2.20 bits per heavy atom. The van der Waals surface area contributed by atoms with Crippen molar-refractivity contribution in [1.82, 2.24) is 5.32 Å². The molecule has 0 amide bonds. The van der Waals surface area contributed by atoms with Gasteiger partial charge in [-0.1, -0.05) is 20.8 Å². The molecule has 0 saturated carbocycles. The molecule has 4 nitrogen and oxygen atoms in total. The van der Waals surface area contributed by atoms with Gasteiger partial charge in [0.15, 0.2) is 0 Å². The maximum absolute atomic E-state index is 10.6. The fraction of sp³-hybridized carbons (Fsp3) is 0.545. The average Bonchev–Trinajstić information content (AvgIpc) is 2.50. The maximum atomic E-state index is 10.6. The van der Waals surface area contributed by atoms with Crippen LogP contribution in [0.15, 0.2) is 16.7 Å². The first-order valence-corrected chi connectivity index (χ1v) is 4.90. The van der Waals surface area contributed by atoms with Crippen molar-refractivity contribution in [2.24, 2.45) is 5.41 Å². The fourth-order valence-electron chi connectivity index (χ4n) is 1.15. The Labute approximate surface area is 89.3 Å². The molecular formula is C11H17NO3. The minimum atomic E-state index is -0.958. The first kappa shape index (κ1) is 11.8. The molecule has 0 spiro atoms. The van der Waals surface area contributed by atoms with Crippen LogP contribution < -0.4 is 5.32 Å². The lowest BCUT2D eigenvalue weighted by Gasteiger charge is -2.18. The van der Waals surface area contributed by atoms with E-state index >= 15 is 0 Å². The number of furan rings is 1. The van der Waals surface area contributed by atoms with Crippen LogP contribution in [0, 0.1) is 5.41 Å². The highest BCUT2D eigenvalue weighted by Crippen LogP contribution is 2.12. The standard InChI is InChI=1S/C11H17NO3/c1-11(2,3)7-12-5-9-4-8(6-15-9)10(13)14/h4,6,12H,5,7H2,1-3H3,(H,13,14). The summed E-state index contributed by atoms with van der Waals surface area (Å²) in [7, 11) is 0. The summed E-state index contributed by atoms with van der Waals surface area (Å²) in [6.07, 6.45) is 1.26. The van der Waals surface area contributed by atoms with Crippen LogP contribution in [0.5, 0.6) is 0 Å². The zero-order valence-electron chi connectivity index (χ0n) is 9.33. The van der Waals surface area contributed by atoms with Gasteiger partial charge in [-0.05, 0) is 11.5 Å². The summed E-state index contributed by atoms with van der Waals surface area (Å²) in [4.78, 5) is 10.6. The van der Waals surface area contributed by atoms with Crippen molar-refractivity contribution in [1.29, 1.82) is 0 Å². The zero-order chi connectivity index (χ0) is 11.5. The van der Waals surface area contributed by atoms with E-state index in [0.29, 0.717) is 12.3 Å². The lowest BCUT2D eigenvalue weighted by Crippen LogP contribution is -2.26. The zero-order valence-corrected chi connectivity index (χ0v) is 9.33. The largest absolute Gasteiger partial charge is 0.478 e. The van der Waals surface area contributed by atoms with E-state index in [1.807, 2.05) is 0 Å². The van der Waals surface area contributed by atoms with Gasteiger partial charge in [-0.25, -0.2) is 4.79 Å². The van der Waals surface area contributed by atoms with Crippen LogP contribution in [0.25, 0.3) is 0 Å². The molecule has 0 fully saturated rings. The number of carbonyl (C=O) groups is 1. The summed E-state index contributed by atoms with van der Waals surface area (Å²) in [5.74, 6) is -0.308. The van der Waals surface area contributed by atoms with Gasteiger partial charge in [-0.2, -0.15) is 0 Å². The van der Waals surface area contributed by atoms with Crippen molar-refractivity contribution in [3.63, 3.8) is 0 Å². The van der Waals surface area contributed by atoms with E-state index in [-0.39, 0.29) is 11.0 Å². The third-order valence-corrected chi connectivity index (χ3v) is 1.86. The predicted molar refractivity (Wildman–Crippen MR) is 56.8 cm³/mol. The Bertz CT molecular complexity index is 336. The summed E-state index contributed by atoms with van der Waals surface area (Å²) in [5, 5.41) is 11.9. The number of aromatic carboxylic acids is 1. The molecular weight excluding hydrogens is 194 g/mol. The fourth-order valence-corrected chi connectivity index (χ4v) is 1.15. The molecule has 1 aromatic rings. The second kappa shape index (κ2) is 4.49. The van der Waals surface area contributed by atoms with E-state index in [1.165, 1.54) is 12.3 Å². The van der Waals surface area contributed by atoms with E-state index < -0.39 is 5.97 Å². The van der Waals surface area contributed by atoms with Crippen LogP contribution in [0.3, 0.4) is 0 Å². The van der Waals surface area contributed by atoms with Gasteiger partial charge in [0.05, 0.1) is 12.1 Å². The van der Waals surface area contributed by atoms with Crippen LogP contribution in [0.2, 0.25) is 0 Å². The van der Waals surface area contributed by atoms with Gasteiger partial charge >= 0.3 is 5.97 Å². The molecule has 0 aliphatic rings. The second-order valence-corrected chi connectivity index (χ2v) is 4.77. The second-order valence-electron chi connectivity index (χ2n) is 4.77. The highest BCUT2D eigenvalue weighted by atomic mass is 16.4. The summed E-state index contributed by atoms with van der Waals surface area (Å²) in [5.41, 5.74) is 0.407. The van der Waals surface area contributed by atoms with E-state index in [2.05, 4.69) is 26.1 Å². The summed E-state index contributed by atoms with van der Waals surface area (Å²) in [6.45, 7) is 7.81. The molecule has 0 radical (unpaired) electrons. The Balaban J connectivity index is 2.41. The smallest absolute Gasteiger partial charge is 0.338 e. The molecule has 4 heteroatoms.